The summed E-state index contributed by atoms with van der Waals surface area (Å²) in [5.41, 5.74) is 0. The third-order valence-electron chi connectivity index (χ3n) is 3.96. The molecule has 0 saturated heterocycles. The van der Waals surface area contributed by atoms with Gasteiger partial charge in [0.1, 0.15) is 0 Å². The molecule has 1 N–H and O–H groups in total. The fourth-order valence-corrected chi connectivity index (χ4v) is 2.54. The highest BCUT2D eigenvalue weighted by Gasteiger charge is 2.31. The van der Waals surface area contributed by atoms with Crippen LogP contribution in [0.3, 0.4) is 0 Å². The average Bonchev–Trinajstić information content (AvgIpc) is 3.21. The van der Waals surface area contributed by atoms with Gasteiger partial charge in [0.15, 0.2) is 0 Å². The molecule has 0 spiro atoms. The normalized spacial score (nSPS) is 17.3. The van der Waals surface area contributed by atoms with Crippen molar-refractivity contribution in [1.29, 1.82) is 0 Å². The first-order valence-electron chi connectivity index (χ1n) is 8.27. The van der Waals surface area contributed by atoms with Crippen molar-refractivity contribution in [2.75, 3.05) is 26.2 Å². The Bertz CT molecular complexity index is 182. The molecule has 1 aliphatic rings. The Hall–Kier alpha value is -0.0800. The third kappa shape index (κ3) is 6.75. The Morgan fingerprint density at radius 1 is 1.00 bits per heavy atom. The van der Waals surface area contributed by atoms with Gasteiger partial charge in [-0.3, -0.25) is 0 Å². The van der Waals surface area contributed by atoms with E-state index in [0.29, 0.717) is 0 Å². The zero-order valence-corrected chi connectivity index (χ0v) is 12.9. The molecule has 0 amide bonds. The summed E-state index contributed by atoms with van der Waals surface area (Å²) in [5.74, 6) is 0.974. The number of nitrogens with one attached hydrogen (secondary N) is 1. The Morgan fingerprint density at radius 3 is 2.06 bits per heavy atom. The Balaban J connectivity index is 2.33. The Morgan fingerprint density at radius 2 is 1.61 bits per heavy atom. The van der Waals surface area contributed by atoms with E-state index in [1.165, 1.54) is 71.1 Å². The van der Waals surface area contributed by atoms with Crippen LogP contribution in [0.15, 0.2) is 0 Å². The van der Waals surface area contributed by atoms with Gasteiger partial charge in [-0.05, 0) is 57.7 Å². The van der Waals surface area contributed by atoms with E-state index >= 15 is 0 Å². The number of hydrogen-bond donors (Lipinski definition) is 1. The molecule has 0 aromatic carbocycles. The molecule has 108 valence electrons. The monoisotopic (exact) mass is 254 g/mol. The van der Waals surface area contributed by atoms with Gasteiger partial charge < -0.3 is 10.2 Å². The van der Waals surface area contributed by atoms with Crippen LogP contribution in [0.1, 0.15) is 65.7 Å². The lowest BCUT2D eigenvalue weighted by molar-refractivity contribution is 0.225. The van der Waals surface area contributed by atoms with E-state index in [0.717, 1.165) is 12.0 Å². The SMILES string of the molecule is CCCCN(CCCC)CC(NCCC)C1CC1. The Labute approximate surface area is 115 Å². The molecule has 1 atom stereocenters. The first-order chi connectivity index (χ1) is 8.81. The van der Waals surface area contributed by atoms with Crippen LogP contribution in [-0.4, -0.2) is 37.1 Å². The molecular formula is C16H34N2. The number of unbranched alkanes of at least 4 members (excludes halogenated alkanes) is 2. The van der Waals surface area contributed by atoms with E-state index in [2.05, 4.69) is 31.0 Å². The summed E-state index contributed by atoms with van der Waals surface area (Å²) in [7, 11) is 0. The summed E-state index contributed by atoms with van der Waals surface area (Å²) >= 11 is 0. The molecule has 0 heterocycles. The van der Waals surface area contributed by atoms with Crippen molar-refractivity contribution < 1.29 is 0 Å². The zero-order chi connectivity index (χ0) is 13.2. The summed E-state index contributed by atoms with van der Waals surface area (Å²) in [6.45, 7) is 11.9. The quantitative estimate of drug-likeness (QED) is 0.572. The maximum absolute atomic E-state index is 3.77. The highest BCUT2D eigenvalue weighted by atomic mass is 15.1. The Kier molecular flexibility index (Phi) is 8.70. The van der Waals surface area contributed by atoms with E-state index in [4.69, 9.17) is 0 Å². The minimum atomic E-state index is 0.763. The lowest BCUT2D eigenvalue weighted by Gasteiger charge is -2.28. The summed E-state index contributed by atoms with van der Waals surface area (Å²) < 4.78 is 0. The number of hydrogen-bond acceptors (Lipinski definition) is 2. The highest BCUT2D eigenvalue weighted by molar-refractivity contribution is 4.88. The second-order valence-corrected chi connectivity index (χ2v) is 5.91. The van der Waals surface area contributed by atoms with E-state index in [9.17, 15) is 0 Å². The van der Waals surface area contributed by atoms with Gasteiger partial charge in [0.2, 0.25) is 0 Å². The molecule has 0 aromatic rings. The molecule has 0 aromatic heterocycles. The van der Waals surface area contributed by atoms with Gasteiger partial charge in [-0.15, -0.1) is 0 Å². The highest BCUT2D eigenvalue weighted by Crippen LogP contribution is 2.33. The van der Waals surface area contributed by atoms with Gasteiger partial charge in [0.25, 0.3) is 0 Å². The maximum Gasteiger partial charge on any atom is 0.0223 e. The van der Waals surface area contributed by atoms with Gasteiger partial charge in [-0.25, -0.2) is 0 Å². The molecule has 1 rings (SSSR count). The van der Waals surface area contributed by atoms with Crippen LogP contribution in [0.2, 0.25) is 0 Å². The van der Waals surface area contributed by atoms with Crippen LogP contribution < -0.4 is 5.32 Å². The minimum absolute atomic E-state index is 0.763. The van der Waals surface area contributed by atoms with Crippen LogP contribution in [-0.2, 0) is 0 Å². The van der Waals surface area contributed by atoms with E-state index in [1.807, 2.05) is 0 Å². The first-order valence-corrected chi connectivity index (χ1v) is 8.27. The summed E-state index contributed by atoms with van der Waals surface area (Å²) in [6, 6.07) is 0.763. The molecule has 2 heteroatoms. The van der Waals surface area contributed by atoms with Gasteiger partial charge in [-0.2, -0.15) is 0 Å². The number of rotatable bonds is 12. The molecule has 0 bridgehead atoms. The molecule has 18 heavy (non-hydrogen) atoms. The molecule has 0 radical (unpaired) electrons. The molecule has 1 fully saturated rings. The smallest absolute Gasteiger partial charge is 0.0223 e. The van der Waals surface area contributed by atoms with Crippen LogP contribution >= 0.6 is 0 Å². The van der Waals surface area contributed by atoms with E-state index in [1.54, 1.807) is 0 Å². The lowest BCUT2D eigenvalue weighted by atomic mass is 10.1. The third-order valence-corrected chi connectivity index (χ3v) is 3.96. The van der Waals surface area contributed by atoms with Crippen LogP contribution in [0.4, 0.5) is 0 Å². The van der Waals surface area contributed by atoms with Gasteiger partial charge in [0, 0.05) is 12.6 Å². The summed E-state index contributed by atoms with van der Waals surface area (Å²) in [6.07, 6.45) is 9.52. The van der Waals surface area contributed by atoms with Crippen molar-refractivity contribution >= 4 is 0 Å². The molecule has 2 nitrogen and oxygen atoms in total. The molecule has 1 saturated carbocycles. The largest absolute Gasteiger partial charge is 0.312 e. The molecular weight excluding hydrogens is 220 g/mol. The fourth-order valence-electron chi connectivity index (χ4n) is 2.54. The predicted octanol–water partition coefficient (Wildman–Crippen LogP) is 3.67. The van der Waals surface area contributed by atoms with E-state index < -0.39 is 0 Å². The van der Waals surface area contributed by atoms with Gasteiger partial charge in [-0.1, -0.05) is 33.6 Å². The minimum Gasteiger partial charge on any atom is -0.312 e. The zero-order valence-electron chi connectivity index (χ0n) is 12.9. The van der Waals surface area contributed by atoms with Crippen LogP contribution in [0, 0.1) is 5.92 Å². The number of nitrogens with zero attached hydrogens (tertiary/aromatic N) is 1. The van der Waals surface area contributed by atoms with Crippen molar-refractivity contribution in [1.82, 2.24) is 10.2 Å². The maximum atomic E-state index is 3.77. The predicted molar refractivity (Wildman–Crippen MR) is 81.1 cm³/mol. The van der Waals surface area contributed by atoms with Crippen molar-refractivity contribution in [3.63, 3.8) is 0 Å². The summed E-state index contributed by atoms with van der Waals surface area (Å²) in [5, 5.41) is 3.77. The van der Waals surface area contributed by atoms with Gasteiger partial charge >= 0.3 is 0 Å². The second kappa shape index (κ2) is 9.80. The van der Waals surface area contributed by atoms with Crippen LogP contribution in [0.5, 0.6) is 0 Å². The first kappa shape index (κ1) is 16.0. The molecule has 0 aliphatic heterocycles. The summed E-state index contributed by atoms with van der Waals surface area (Å²) in [4.78, 5) is 2.71. The van der Waals surface area contributed by atoms with Gasteiger partial charge in [0.05, 0.1) is 0 Å². The fraction of sp³-hybridized carbons (Fsp3) is 1.00. The van der Waals surface area contributed by atoms with Crippen molar-refractivity contribution in [2.45, 2.75) is 71.8 Å². The molecule has 1 aliphatic carbocycles. The van der Waals surface area contributed by atoms with Crippen molar-refractivity contribution in [3.05, 3.63) is 0 Å². The standard InChI is InChI=1S/C16H34N2/c1-4-7-12-18(13-8-5-2)14-16(15-9-10-15)17-11-6-3/h15-17H,4-14H2,1-3H3. The topological polar surface area (TPSA) is 15.3 Å². The van der Waals surface area contributed by atoms with Crippen molar-refractivity contribution in [3.8, 4) is 0 Å². The van der Waals surface area contributed by atoms with Crippen LogP contribution in [0.25, 0.3) is 0 Å². The molecule has 1 unspecified atom stereocenters. The average molecular weight is 254 g/mol. The lowest BCUT2D eigenvalue weighted by Crippen LogP contribution is -2.43. The van der Waals surface area contributed by atoms with E-state index in [-0.39, 0.29) is 0 Å². The second-order valence-electron chi connectivity index (χ2n) is 5.91. The van der Waals surface area contributed by atoms with Crippen molar-refractivity contribution in [2.24, 2.45) is 5.92 Å².